The van der Waals surface area contributed by atoms with Crippen LogP contribution in [0.1, 0.15) is 12.6 Å². The maximum absolute atomic E-state index is 9.16. The Morgan fingerprint density at radius 3 is 3.00 bits per heavy atom. The molecular weight excluding hydrogens is 152 g/mol. The van der Waals surface area contributed by atoms with Crippen molar-refractivity contribution in [2.24, 2.45) is 0 Å². The molecule has 0 bridgehead atoms. The zero-order valence-corrected chi connectivity index (χ0v) is 6.86. The third kappa shape index (κ3) is 1.03. The quantitative estimate of drug-likeness (QED) is 0.691. The number of pyridine rings is 1. The van der Waals surface area contributed by atoms with Gasteiger partial charge in [-0.2, -0.15) is 0 Å². The molecular formula is C9H10N2O. The molecule has 3 nitrogen and oxygen atoms in total. The van der Waals surface area contributed by atoms with Crippen molar-refractivity contribution < 1.29 is 5.11 Å². The normalized spacial score (nSPS) is 10.8. The van der Waals surface area contributed by atoms with Gasteiger partial charge in [0.1, 0.15) is 11.4 Å². The van der Waals surface area contributed by atoms with Crippen LogP contribution in [-0.4, -0.2) is 14.5 Å². The minimum atomic E-state index is 0.266. The van der Waals surface area contributed by atoms with Crippen LogP contribution in [-0.2, 0) is 6.42 Å². The molecule has 3 heteroatoms. The summed E-state index contributed by atoms with van der Waals surface area (Å²) in [6.07, 6.45) is 4.50. The Hall–Kier alpha value is -1.51. The van der Waals surface area contributed by atoms with E-state index < -0.39 is 0 Å². The van der Waals surface area contributed by atoms with Crippen molar-refractivity contribution in [1.82, 2.24) is 9.38 Å². The fraction of sp³-hybridized carbons (Fsp3) is 0.222. The number of nitrogens with zero attached hydrogens (tertiary/aromatic N) is 2. The number of hydrogen-bond acceptors (Lipinski definition) is 2. The summed E-state index contributed by atoms with van der Waals surface area (Å²) in [4.78, 5) is 4.32. The summed E-state index contributed by atoms with van der Waals surface area (Å²) in [6, 6.07) is 3.44. The molecule has 12 heavy (non-hydrogen) atoms. The molecule has 2 aromatic heterocycles. The molecule has 2 aromatic rings. The van der Waals surface area contributed by atoms with Gasteiger partial charge in [0, 0.05) is 6.20 Å². The first-order valence-corrected chi connectivity index (χ1v) is 3.96. The Labute approximate surface area is 70.3 Å². The third-order valence-electron chi connectivity index (χ3n) is 1.85. The SMILES string of the molecule is CCc1cn2cc(O)ccc2n1. The van der Waals surface area contributed by atoms with Gasteiger partial charge in [0.25, 0.3) is 0 Å². The zero-order valence-electron chi connectivity index (χ0n) is 6.86. The van der Waals surface area contributed by atoms with Gasteiger partial charge in [-0.25, -0.2) is 4.98 Å². The monoisotopic (exact) mass is 162 g/mol. The van der Waals surface area contributed by atoms with E-state index in [0.29, 0.717) is 0 Å². The van der Waals surface area contributed by atoms with Gasteiger partial charge >= 0.3 is 0 Å². The summed E-state index contributed by atoms with van der Waals surface area (Å²) < 4.78 is 1.83. The Balaban J connectivity index is 2.67. The molecule has 0 radical (unpaired) electrons. The first-order valence-electron chi connectivity index (χ1n) is 3.96. The van der Waals surface area contributed by atoms with Crippen molar-refractivity contribution in [3.8, 4) is 5.75 Å². The third-order valence-corrected chi connectivity index (χ3v) is 1.85. The van der Waals surface area contributed by atoms with Gasteiger partial charge < -0.3 is 9.51 Å². The molecule has 0 aromatic carbocycles. The number of rotatable bonds is 1. The minimum Gasteiger partial charge on any atom is -0.506 e. The van der Waals surface area contributed by atoms with Crippen LogP contribution in [0.3, 0.4) is 0 Å². The number of aryl methyl sites for hydroxylation is 1. The summed E-state index contributed by atoms with van der Waals surface area (Å²) in [6.45, 7) is 2.06. The van der Waals surface area contributed by atoms with Crippen LogP contribution in [0.4, 0.5) is 0 Å². The fourth-order valence-corrected chi connectivity index (χ4v) is 1.20. The first kappa shape index (κ1) is 7.16. The maximum atomic E-state index is 9.16. The van der Waals surface area contributed by atoms with Crippen LogP contribution < -0.4 is 0 Å². The van der Waals surface area contributed by atoms with Gasteiger partial charge in [0.15, 0.2) is 0 Å². The Morgan fingerprint density at radius 1 is 1.42 bits per heavy atom. The van der Waals surface area contributed by atoms with Gasteiger partial charge in [0.05, 0.1) is 11.9 Å². The minimum absolute atomic E-state index is 0.266. The van der Waals surface area contributed by atoms with Crippen molar-refractivity contribution in [3.05, 3.63) is 30.2 Å². The molecule has 0 fully saturated rings. The zero-order chi connectivity index (χ0) is 8.55. The number of fused-ring (bicyclic) bond motifs is 1. The van der Waals surface area contributed by atoms with E-state index in [2.05, 4.69) is 11.9 Å². The molecule has 2 rings (SSSR count). The molecule has 0 aliphatic rings. The van der Waals surface area contributed by atoms with E-state index in [1.807, 2.05) is 10.6 Å². The molecule has 0 saturated heterocycles. The van der Waals surface area contributed by atoms with Crippen LogP contribution in [0.5, 0.6) is 5.75 Å². The lowest BCUT2D eigenvalue weighted by molar-refractivity contribution is 0.472. The summed E-state index contributed by atoms with van der Waals surface area (Å²) in [7, 11) is 0. The van der Waals surface area contributed by atoms with Gasteiger partial charge in [0.2, 0.25) is 0 Å². The Bertz CT molecular complexity index is 406. The van der Waals surface area contributed by atoms with Crippen molar-refractivity contribution in [1.29, 1.82) is 0 Å². The number of aromatic nitrogens is 2. The highest BCUT2D eigenvalue weighted by Crippen LogP contribution is 2.11. The highest BCUT2D eigenvalue weighted by atomic mass is 16.3. The Kier molecular flexibility index (Phi) is 1.50. The standard InChI is InChI=1S/C9H10N2O/c1-2-7-5-11-6-8(12)3-4-9(11)10-7/h3-6,12H,2H2,1H3. The van der Waals surface area contributed by atoms with E-state index in [-0.39, 0.29) is 5.75 Å². The van der Waals surface area contributed by atoms with E-state index in [4.69, 9.17) is 5.11 Å². The highest BCUT2D eigenvalue weighted by Gasteiger charge is 1.98. The highest BCUT2D eigenvalue weighted by molar-refractivity contribution is 5.42. The maximum Gasteiger partial charge on any atom is 0.137 e. The van der Waals surface area contributed by atoms with E-state index in [9.17, 15) is 0 Å². The average Bonchev–Trinajstić information content (AvgIpc) is 2.46. The predicted molar refractivity (Wildman–Crippen MR) is 46.2 cm³/mol. The van der Waals surface area contributed by atoms with Crippen LogP contribution in [0, 0.1) is 0 Å². The first-order chi connectivity index (χ1) is 5.79. The predicted octanol–water partition coefficient (Wildman–Crippen LogP) is 1.60. The molecule has 0 spiro atoms. The molecule has 0 amide bonds. The van der Waals surface area contributed by atoms with Crippen molar-refractivity contribution in [2.45, 2.75) is 13.3 Å². The number of imidazole rings is 1. The lowest BCUT2D eigenvalue weighted by atomic mass is 10.4. The smallest absolute Gasteiger partial charge is 0.137 e. The second kappa shape index (κ2) is 2.52. The van der Waals surface area contributed by atoms with Gasteiger partial charge in [-0.15, -0.1) is 0 Å². The van der Waals surface area contributed by atoms with Crippen LogP contribution in [0.25, 0.3) is 5.65 Å². The van der Waals surface area contributed by atoms with Crippen molar-refractivity contribution in [2.75, 3.05) is 0 Å². The number of aromatic hydroxyl groups is 1. The van der Waals surface area contributed by atoms with Crippen LogP contribution in [0.2, 0.25) is 0 Å². The van der Waals surface area contributed by atoms with Crippen molar-refractivity contribution >= 4 is 5.65 Å². The van der Waals surface area contributed by atoms with E-state index >= 15 is 0 Å². The van der Waals surface area contributed by atoms with Crippen LogP contribution >= 0.6 is 0 Å². The lowest BCUT2D eigenvalue weighted by Gasteiger charge is -1.92. The lowest BCUT2D eigenvalue weighted by Crippen LogP contribution is -1.79. The Morgan fingerprint density at radius 2 is 2.25 bits per heavy atom. The topological polar surface area (TPSA) is 37.5 Å². The number of hydrogen-bond donors (Lipinski definition) is 1. The molecule has 0 unspecified atom stereocenters. The largest absolute Gasteiger partial charge is 0.506 e. The molecule has 0 aliphatic carbocycles. The molecule has 2 heterocycles. The molecule has 0 saturated carbocycles. The van der Waals surface area contributed by atoms with E-state index in [1.165, 1.54) is 0 Å². The molecule has 62 valence electrons. The second-order valence-corrected chi connectivity index (χ2v) is 2.74. The molecule has 0 atom stereocenters. The van der Waals surface area contributed by atoms with Gasteiger partial charge in [-0.1, -0.05) is 6.92 Å². The van der Waals surface area contributed by atoms with E-state index in [0.717, 1.165) is 17.8 Å². The van der Waals surface area contributed by atoms with E-state index in [1.54, 1.807) is 18.3 Å². The van der Waals surface area contributed by atoms with Crippen molar-refractivity contribution in [3.63, 3.8) is 0 Å². The molecule has 1 N–H and O–H groups in total. The second-order valence-electron chi connectivity index (χ2n) is 2.74. The average molecular weight is 162 g/mol. The fourth-order valence-electron chi connectivity index (χ4n) is 1.20. The summed E-state index contributed by atoms with van der Waals surface area (Å²) in [5.41, 5.74) is 1.92. The molecule has 0 aliphatic heterocycles. The van der Waals surface area contributed by atoms with Crippen LogP contribution in [0.15, 0.2) is 24.5 Å². The van der Waals surface area contributed by atoms with Gasteiger partial charge in [-0.3, -0.25) is 0 Å². The summed E-state index contributed by atoms with van der Waals surface area (Å²) in [5.74, 6) is 0.266. The summed E-state index contributed by atoms with van der Waals surface area (Å²) >= 11 is 0. The van der Waals surface area contributed by atoms with Gasteiger partial charge in [-0.05, 0) is 18.6 Å². The summed E-state index contributed by atoms with van der Waals surface area (Å²) in [5, 5.41) is 9.16.